The topological polar surface area (TPSA) is 12.0 Å². The van der Waals surface area contributed by atoms with Crippen molar-refractivity contribution >= 4 is 40.0 Å². The molecule has 3 nitrogen and oxygen atoms in total. The Bertz CT molecular complexity index is 1260. The molecule has 0 aliphatic heterocycles. The maximum Gasteiger partial charge on any atom is 0.154 e. The van der Waals surface area contributed by atoms with Gasteiger partial charge in [-0.2, -0.15) is 0 Å². The lowest BCUT2D eigenvalue weighted by atomic mass is 10.1. The summed E-state index contributed by atoms with van der Waals surface area (Å²) in [7, 11) is 0. The van der Waals surface area contributed by atoms with Crippen LogP contribution in [0.4, 0.5) is 17.1 Å². The maximum atomic E-state index is 6.92. The quantitative estimate of drug-likeness (QED) is 0.310. The summed E-state index contributed by atoms with van der Waals surface area (Å²) in [6.07, 6.45) is 6.53. The van der Waals surface area contributed by atoms with Crippen LogP contribution in [0, 0.1) is 13.1 Å². The van der Waals surface area contributed by atoms with Gasteiger partial charge in [0.1, 0.15) is 0 Å². The summed E-state index contributed by atoms with van der Waals surface area (Å²) >= 11 is 0. The van der Waals surface area contributed by atoms with Crippen LogP contribution in [0.2, 0.25) is 0 Å². The van der Waals surface area contributed by atoms with Crippen molar-refractivity contribution in [3.05, 3.63) is 137 Å². The van der Waals surface area contributed by atoms with Crippen LogP contribution >= 0.6 is 0 Å². The van der Waals surface area contributed by atoms with Crippen LogP contribution in [0.1, 0.15) is 11.1 Å². The molecule has 0 aromatic heterocycles. The molecule has 4 aromatic carbocycles. The predicted molar refractivity (Wildman–Crippen MR) is 130 cm³/mol. The molecule has 0 amide bonds. The van der Waals surface area contributed by atoms with Gasteiger partial charge < -0.3 is 4.90 Å². The number of anilines is 3. The van der Waals surface area contributed by atoms with E-state index in [4.69, 9.17) is 13.1 Å². The molecule has 3 heteroatoms. The van der Waals surface area contributed by atoms with E-state index in [2.05, 4.69) is 69.2 Å². The number of hydrogen-bond donors (Lipinski definition) is 0. The number of fused-ring (bicyclic) bond motifs is 1. The van der Waals surface area contributed by atoms with Gasteiger partial charge >= 0.3 is 0 Å². The molecule has 0 saturated heterocycles. The van der Waals surface area contributed by atoms with E-state index in [-0.39, 0.29) is 0 Å². The van der Waals surface area contributed by atoms with E-state index in [0.29, 0.717) is 0 Å². The second-order valence-electron chi connectivity index (χ2n) is 6.94. The van der Waals surface area contributed by atoms with Crippen molar-refractivity contribution in [3.63, 3.8) is 0 Å². The van der Waals surface area contributed by atoms with Gasteiger partial charge in [0.15, 0.2) is 12.4 Å². The largest absolute Gasteiger partial charge is 0.310 e. The first-order chi connectivity index (χ1) is 15.3. The van der Waals surface area contributed by atoms with Gasteiger partial charge in [0.05, 0.1) is 13.1 Å². The van der Waals surface area contributed by atoms with Crippen LogP contribution in [0.25, 0.3) is 32.6 Å². The summed E-state index contributed by atoms with van der Waals surface area (Å²) in [6.45, 7) is 13.8. The van der Waals surface area contributed by atoms with Gasteiger partial charge in [-0.05, 0) is 58.3 Å². The maximum absolute atomic E-state index is 6.92. The molecule has 146 valence electrons. The second-order valence-corrected chi connectivity index (χ2v) is 6.94. The monoisotopic (exact) mass is 397 g/mol. The fraction of sp³-hybridized carbons (Fsp3) is 0. The zero-order chi connectivity index (χ0) is 21.5. The van der Waals surface area contributed by atoms with Crippen LogP contribution < -0.4 is 4.90 Å². The summed E-state index contributed by atoms with van der Waals surface area (Å²) in [5.74, 6) is 0. The minimum atomic E-state index is 0.984. The second kappa shape index (κ2) is 9.27. The normalized spacial score (nSPS) is 10.9. The molecule has 0 N–H and O–H groups in total. The van der Waals surface area contributed by atoms with Gasteiger partial charge in [-0.3, -0.25) is 0 Å². The fourth-order valence-electron chi connectivity index (χ4n) is 3.48. The van der Waals surface area contributed by atoms with Gasteiger partial charge in [-0.25, -0.2) is 9.69 Å². The molecule has 0 heterocycles. The third kappa shape index (κ3) is 4.53. The number of hydrogen-bond acceptors (Lipinski definition) is 1. The zero-order valence-electron chi connectivity index (χ0n) is 16.8. The Morgan fingerprint density at radius 3 is 1.55 bits per heavy atom. The summed E-state index contributed by atoms with van der Waals surface area (Å²) in [4.78, 5) is 8.76. The van der Waals surface area contributed by atoms with E-state index in [1.807, 2.05) is 36.4 Å². The SMILES string of the molecule is [C-]#[N+]/C=C\c1ccc(N(c2ccc(/C=C/[N+]#[C-])cc2)c2ccc3ccccc3c2)cc1. The Hall–Kier alpha value is -4.60. The molecule has 4 aromatic rings. The van der Waals surface area contributed by atoms with Gasteiger partial charge in [0.25, 0.3) is 0 Å². The molecule has 0 fully saturated rings. The predicted octanol–water partition coefficient (Wildman–Crippen LogP) is 8.09. The fourth-order valence-corrected chi connectivity index (χ4v) is 3.48. The Kier molecular flexibility index (Phi) is 5.89. The smallest absolute Gasteiger partial charge is 0.154 e. The third-order valence-corrected chi connectivity index (χ3v) is 4.98. The van der Waals surface area contributed by atoms with Crippen molar-refractivity contribution in [2.45, 2.75) is 0 Å². The molecule has 0 aliphatic carbocycles. The van der Waals surface area contributed by atoms with Gasteiger partial charge in [0, 0.05) is 17.1 Å². The third-order valence-electron chi connectivity index (χ3n) is 4.98. The van der Waals surface area contributed by atoms with Crippen molar-refractivity contribution < 1.29 is 0 Å². The van der Waals surface area contributed by atoms with Crippen LogP contribution in [0.15, 0.2) is 103 Å². The molecular formula is C28H19N3. The van der Waals surface area contributed by atoms with Crippen LogP contribution in [-0.2, 0) is 0 Å². The number of benzene rings is 4. The van der Waals surface area contributed by atoms with E-state index in [1.165, 1.54) is 23.2 Å². The lowest BCUT2D eigenvalue weighted by Crippen LogP contribution is -2.09. The molecule has 31 heavy (non-hydrogen) atoms. The van der Waals surface area contributed by atoms with E-state index in [1.54, 1.807) is 12.2 Å². The minimum Gasteiger partial charge on any atom is -0.310 e. The van der Waals surface area contributed by atoms with Crippen LogP contribution in [0.5, 0.6) is 0 Å². The first-order valence-corrected chi connectivity index (χ1v) is 9.84. The molecule has 4 rings (SSSR count). The summed E-state index contributed by atoms with van der Waals surface area (Å²) in [5, 5.41) is 2.38. The van der Waals surface area contributed by atoms with E-state index >= 15 is 0 Å². The molecule has 0 bridgehead atoms. The van der Waals surface area contributed by atoms with E-state index in [0.717, 1.165) is 28.2 Å². The standard InChI is InChI=1S/C28H19N3/c1-29-19-17-22-7-12-26(13-8-22)31(27-14-9-23(10-15-27)18-20-30-2)28-16-11-24-5-3-4-6-25(24)21-28/h3-21H/b19-17-,20-18+. The molecule has 0 atom stereocenters. The van der Waals surface area contributed by atoms with Gasteiger partial charge in [-0.15, -0.1) is 0 Å². The molecule has 0 aliphatic rings. The van der Waals surface area contributed by atoms with E-state index < -0.39 is 0 Å². The van der Waals surface area contributed by atoms with Gasteiger partial charge in [0.2, 0.25) is 0 Å². The molecule has 0 radical (unpaired) electrons. The molecule has 0 saturated carbocycles. The Balaban J connectivity index is 1.80. The molecule has 0 unspecified atom stereocenters. The summed E-state index contributed by atoms with van der Waals surface area (Å²) < 4.78 is 0. The highest BCUT2D eigenvalue weighted by Crippen LogP contribution is 2.36. The minimum absolute atomic E-state index is 0.984. The Morgan fingerprint density at radius 1 is 0.548 bits per heavy atom. The zero-order valence-corrected chi connectivity index (χ0v) is 16.8. The average Bonchev–Trinajstić information content (AvgIpc) is 2.83. The van der Waals surface area contributed by atoms with E-state index in [9.17, 15) is 0 Å². The van der Waals surface area contributed by atoms with Crippen molar-refractivity contribution in [1.29, 1.82) is 0 Å². The number of rotatable bonds is 5. The average molecular weight is 397 g/mol. The number of nitrogens with zero attached hydrogens (tertiary/aromatic N) is 3. The van der Waals surface area contributed by atoms with Crippen molar-refractivity contribution in [2.75, 3.05) is 4.90 Å². The van der Waals surface area contributed by atoms with Crippen LogP contribution in [-0.4, -0.2) is 0 Å². The lowest BCUT2D eigenvalue weighted by molar-refractivity contribution is 1.29. The van der Waals surface area contributed by atoms with Crippen LogP contribution in [0.3, 0.4) is 0 Å². The van der Waals surface area contributed by atoms with Gasteiger partial charge in [-0.1, -0.05) is 66.7 Å². The van der Waals surface area contributed by atoms with Crippen molar-refractivity contribution in [1.82, 2.24) is 0 Å². The molecule has 0 spiro atoms. The van der Waals surface area contributed by atoms with Crippen molar-refractivity contribution in [2.24, 2.45) is 0 Å². The Labute approximate surface area is 182 Å². The molecular weight excluding hydrogens is 378 g/mol. The Morgan fingerprint density at radius 2 is 1.03 bits per heavy atom. The first kappa shape index (κ1) is 19.7. The highest BCUT2D eigenvalue weighted by molar-refractivity contribution is 5.89. The highest BCUT2D eigenvalue weighted by Gasteiger charge is 2.13. The summed E-state index contributed by atoms with van der Waals surface area (Å²) in [5.41, 5.74) is 5.09. The lowest BCUT2D eigenvalue weighted by Gasteiger charge is -2.26. The van der Waals surface area contributed by atoms with Crippen molar-refractivity contribution in [3.8, 4) is 0 Å². The highest BCUT2D eigenvalue weighted by atomic mass is 15.1. The first-order valence-electron chi connectivity index (χ1n) is 9.84. The summed E-state index contributed by atoms with van der Waals surface area (Å²) in [6, 6.07) is 31.1.